The van der Waals surface area contributed by atoms with E-state index < -0.39 is 0 Å². The second-order valence-corrected chi connectivity index (χ2v) is 5.72. The maximum absolute atomic E-state index is 11.8. The molecular weight excluding hydrogens is 349 g/mol. The van der Waals surface area contributed by atoms with Crippen LogP contribution in [0.3, 0.4) is 0 Å². The molecule has 3 nitrogen and oxygen atoms in total. The molecule has 5 heteroatoms. The lowest BCUT2D eigenvalue weighted by Gasteiger charge is -2.06. The third-order valence-electron chi connectivity index (χ3n) is 2.36. The monoisotopic (exact) mass is 359 g/mol. The van der Waals surface area contributed by atoms with E-state index in [1.165, 1.54) is 4.90 Å². The van der Waals surface area contributed by atoms with Crippen LogP contribution in [0.1, 0.15) is 12.5 Å². The highest BCUT2D eigenvalue weighted by molar-refractivity contribution is 14.1. The minimum atomic E-state index is -0.193. The van der Waals surface area contributed by atoms with Gasteiger partial charge in [0.1, 0.15) is 0 Å². The van der Waals surface area contributed by atoms with Crippen LogP contribution < -0.4 is 0 Å². The average molecular weight is 359 g/mol. The Morgan fingerprint density at radius 3 is 2.47 bits per heavy atom. The number of carbonyl (C=O) groups excluding carboxylic acids is 2. The number of benzene rings is 1. The molecule has 0 atom stereocenters. The Bertz CT molecular complexity index is 496. The van der Waals surface area contributed by atoms with Crippen LogP contribution in [0.25, 0.3) is 6.08 Å². The van der Waals surface area contributed by atoms with Crippen LogP contribution >= 0.6 is 34.4 Å². The van der Waals surface area contributed by atoms with E-state index in [0.717, 1.165) is 20.9 Å². The second kappa shape index (κ2) is 5.22. The summed E-state index contributed by atoms with van der Waals surface area (Å²) in [6.45, 7) is 2.22. The number of likely N-dealkylation sites (N-methyl/N-ethyl adjacent to an activating group) is 1. The third kappa shape index (κ3) is 2.71. The molecule has 2 rings (SSSR count). The molecule has 0 unspecified atom stereocenters. The number of rotatable bonds is 2. The van der Waals surface area contributed by atoms with Crippen molar-refractivity contribution in [1.82, 2.24) is 4.90 Å². The van der Waals surface area contributed by atoms with E-state index in [0.29, 0.717) is 11.4 Å². The molecule has 0 N–H and O–H groups in total. The molecule has 0 aliphatic carbocycles. The second-order valence-electron chi connectivity index (χ2n) is 3.48. The zero-order valence-corrected chi connectivity index (χ0v) is 12.1. The van der Waals surface area contributed by atoms with Crippen LogP contribution in [0.2, 0.25) is 0 Å². The Morgan fingerprint density at radius 2 is 1.94 bits per heavy atom. The van der Waals surface area contributed by atoms with E-state index in [-0.39, 0.29) is 11.1 Å². The first-order valence-electron chi connectivity index (χ1n) is 5.12. The first-order valence-corrected chi connectivity index (χ1v) is 7.02. The first kappa shape index (κ1) is 12.6. The predicted molar refractivity (Wildman–Crippen MR) is 77.5 cm³/mol. The van der Waals surface area contributed by atoms with Crippen molar-refractivity contribution in [3.05, 3.63) is 38.3 Å². The molecule has 1 aliphatic rings. The number of amides is 2. The Morgan fingerprint density at radius 1 is 1.29 bits per heavy atom. The van der Waals surface area contributed by atoms with Crippen LogP contribution in [-0.4, -0.2) is 22.6 Å². The van der Waals surface area contributed by atoms with Crippen LogP contribution in [0.4, 0.5) is 4.79 Å². The van der Waals surface area contributed by atoms with E-state index in [1.54, 1.807) is 13.0 Å². The van der Waals surface area contributed by atoms with Crippen molar-refractivity contribution >= 4 is 51.6 Å². The topological polar surface area (TPSA) is 37.4 Å². The van der Waals surface area contributed by atoms with Gasteiger partial charge >= 0.3 is 0 Å². The predicted octanol–water partition coefficient (Wildman–Crippen LogP) is 3.35. The van der Waals surface area contributed by atoms with Crippen molar-refractivity contribution in [2.45, 2.75) is 6.92 Å². The van der Waals surface area contributed by atoms with E-state index >= 15 is 0 Å². The van der Waals surface area contributed by atoms with Gasteiger partial charge in [0.15, 0.2) is 0 Å². The van der Waals surface area contributed by atoms with Gasteiger partial charge in [0, 0.05) is 10.1 Å². The van der Waals surface area contributed by atoms with Gasteiger partial charge in [-0.25, -0.2) is 0 Å². The fourth-order valence-corrected chi connectivity index (χ4v) is 2.75. The zero-order valence-electron chi connectivity index (χ0n) is 9.14. The highest BCUT2D eigenvalue weighted by Gasteiger charge is 2.33. The highest BCUT2D eigenvalue weighted by atomic mass is 127. The van der Waals surface area contributed by atoms with Crippen LogP contribution in [0.5, 0.6) is 0 Å². The van der Waals surface area contributed by atoms with Crippen LogP contribution in [0, 0.1) is 3.57 Å². The number of hydrogen-bond acceptors (Lipinski definition) is 3. The number of nitrogens with zero attached hydrogens (tertiary/aromatic N) is 1. The number of hydrogen-bond donors (Lipinski definition) is 0. The Kier molecular flexibility index (Phi) is 3.88. The maximum Gasteiger partial charge on any atom is 0.293 e. The van der Waals surface area contributed by atoms with E-state index in [9.17, 15) is 9.59 Å². The summed E-state index contributed by atoms with van der Waals surface area (Å²) < 4.78 is 1.14. The molecule has 88 valence electrons. The number of halogens is 1. The highest BCUT2D eigenvalue weighted by Crippen LogP contribution is 2.31. The molecule has 2 amide bonds. The number of carbonyl (C=O) groups is 2. The molecule has 1 fully saturated rings. The Hall–Kier alpha value is -0.820. The van der Waals surface area contributed by atoms with Crippen molar-refractivity contribution in [3.8, 4) is 0 Å². The SMILES string of the molecule is CCN1C(=O)S/C(=C/c2ccc(I)cc2)C1=O. The molecule has 1 aromatic rings. The van der Waals surface area contributed by atoms with E-state index in [2.05, 4.69) is 22.6 Å². The van der Waals surface area contributed by atoms with Crippen LogP contribution in [-0.2, 0) is 4.79 Å². The van der Waals surface area contributed by atoms with E-state index in [1.807, 2.05) is 24.3 Å². The van der Waals surface area contributed by atoms with Gasteiger partial charge in [0.25, 0.3) is 11.1 Å². The quantitative estimate of drug-likeness (QED) is 0.600. The zero-order chi connectivity index (χ0) is 12.4. The minimum Gasteiger partial charge on any atom is -0.269 e. The summed E-state index contributed by atoms with van der Waals surface area (Å²) in [5.74, 6) is -0.193. The summed E-state index contributed by atoms with van der Waals surface area (Å²) in [4.78, 5) is 25.1. The van der Waals surface area contributed by atoms with Gasteiger partial charge in [-0.3, -0.25) is 14.5 Å². The summed E-state index contributed by atoms with van der Waals surface area (Å²) in [5, 5.41) is -0.186. The number of thioether (sulfide) groups is 1. The summed E-state index contributed by atoms with van der Waals surface area (Å²) in [5.41, 5.74) is 0.937. The van der Waals surface area contributed by atoms with E-state index in [4.69, 9.17) is 0 Å². The molecule has 0 spiro atoms. The lowest BCUT2D eigenvalue weighted by molar-refractivity contribution is -0.122. The summed E-state index contributed by atoms with van der Waals surface area (Å²) in [6.07, 6.45) is 1.76. The Balaban J connectivity index is 2.27. The molecule has 1 aromatic carbocycles. The third-order valence-corrected chi connectivity index (χ3v) is 3.98. The van der Waals surface area contributed by atoms with Gasteiger partial charge in [-0.1, -0.05) is 12.1 Å². The van der Waals surface area contributed by atoms with Crippen molar-refractivity contribution in [1.29, 1.82) is 0 Å². The standard InChI is InChI=1S/C12H10INO2S/c1-2-14-11(15)10(17-12(14)16)7-8-3-5-9(13)6-4-8/h3-7H,2H2,1H3/b10-7+. The summed E-state index contributed by atoms with van der Waals surface area (Å²) in [6, 6.07) is 7.80. The van der Waals surface area contributed by atoms with Gasteiger partial charge in [-0.2, -0.15) is 0 Å². The smallest absolute Gasteiger partial charge is 0.269 e. The normalized spacial score (nSPS) is 18.2. The maximum atomic E-state index is 11.8. The molecule has 0 radical (unpaired) electrons. The van der Waals surface area contributed by atoms with Crippen molar-refractivity contribution in [2.24, 2.45) is 0 Å². The minimum absolute atomic E-state index is 0.186. The molecule has 1 heterocycles. The molecule has 17 heavy (non-hydrogen) atoms. The van der Waals surface area contributed by atoms with Gasteiger partial charge in [-0.05, 0) is 65.0 Å². The largest absolute Gasteiger partial charge is 0.293 e. The molecule has 0 saturated carbocycles. The van der Waals surface area contributed by atoms with Crippen molar-refractivity contribution < 1.29 is 9.59 Å². The molecule has 0 bridgehead atoms. The molecule has 1 saturated heterocycles. The summed E-state index contributed by atoms with van der Waals surface area (Å²) >= 11 is 3.22. The van der Waals surface area contributed by atoms with Gasteiger partial charge < -0.3 is 0 Å². The van der Waals surface area contributed by atoms with Gasteiger partial charge in [0.2, 0.25) is 0 Å². The van der Waals surface area contributed by atoms with Crippen LogP contribution in [0.15, 0.2) is 29.2 Å². The molecule has 0 aromatic heterocycles. The van der Waals surface area contributed by atoms with Gasteiger partial charge in [-0.15, -0.1) is 0 Å². The summed E-state index contributed by atoms with van der Waals surface area (Å²) in [7, 11) is 0. The number of imide groups is 1. The lowest BCUT2D eigenvalue weighted by Crippen LogP contribution is -2.27. The lowest BCUT2D eigenvalue weighted by atomic mass is 10.2. The fourth-order valence-electron chi connectivity index (χ4n) is 1.48. The molecule has 1 aliphatic heterocycles. The Labute approximate surface area is 117 Å². The van der Waals surface area contributed by atoms with Crippen molar-refractivity contribution in [2.75, 3.05) is 6.54 Å². The molecular formula is C12H10INO2S. The van der Waals surface area contributed by atoms with Crippen molar-refractivity contribution in [3.63, 3.8) is 0 Å². The average Bonchev–Trinajstić information content (AvgIpc) is 2.57. The van der Waals surface area contributed by atoms with Gasteiger partial charge in [0.05, 0.1) is 4.91 Å². The fraction of sp³-hybridized carbons (Fsp3) is 0.167. The first-order chi connectivity index (χ1) is 8.11.